The number of nitrogens with zero attached hydrogens (tertiary/aromatic N) is 1. The van der Waals surface area contributed by atoms with Crippen LogP contribution in [0.1, 0.15) is 131 Å². The number of aromatic amines is 1. The smallest absolute Gasteiger partial charge is 0.328 e. The quantitative estimate of drug-likeness (QED) is 0.193. The fourth-order valence-electron chi connectivity index (χ4n) is 12.1. The van der Waals surface area contributed by atoms with Gasteiger partial charge in [0.25, 0.3) is 5.56 Å². The average molecular weight is 637 g/mol. The highest BCUT2D eigenvalue weighted by Crippen LogP contribution is 2.75. The highest BCUT2D eigenvalue weighted by atomic mass is 16.5. The Bertz CT molecular complexity index is 1520. The van der Waals surface area contributed by atoms with E-state index in [1.807, 2.05) is 0 Å². The van der Waals surface area contributed by atoms with E-state index in [0.29, 0.717) is 43.4 Å². The Morgan fingerprint density at radius 3 is 2.41 bits per heavy atom. The predicted octanol–water partition coefficient (Wildman–Crippen LogP) is 7.33. The Kier molecular flexibility index (Phi) is 8.22. The number of fused-ring (bicyclic) bond motifs is 7. The van der Waals surface area contributed by atoms with Crippen molar-refractivity contribution in [1.82, 2.24) is 9.55 Å². The molecule has 8 atom stereocenters. The largest absolute Gasteiger partial charge is 0.465 e. The van der Waals surface area contributed by atoms with Gasteiger partial charge < -0.3 is 14.4 Å². The van der Waals surface area contributed by atoms with Gasteiger partial charge in [0.05, 0.1) is 18.1 Å². The Hall–Kier alpha value is -2.15. The van der Waals surface area contributed by atoms with E-state index < -0.39 is 11.1 Å². The molecule has 0 unspecified atom stereocenters. The average Bonchev–Trinajstić information content (AvgIpc) is 2.97. The van der Waals surface area contributed by atoms with Crippen LogP contribution in [0, 0.1) is 57.2 Å². The Morgan fingerprint density at radius 2 is 1.67 bits per heavy atom. The molecule has 46 heavy (non-hydrogen) atoms. The van der Waals surface area contributed by atoms with Crippen LogP contribution in [0.25, 0.3) is 0 Å². The molecule has 2 N–H and O–H groups in total. The number of hydrogen-bond acceptors (Lipinski definition) is 5. The molecule has 5 aliphatic carbocycles. The third-order valence-electron chi connectivity index (χ3n) is 15.2. The first-order chi connectivity index (χ1) is 21.4. The summed E-state index contributed by atoms with van der Waals surface area (Å²) in [6, 6.07) is 0. The molecule has 7 nitrogen and oxygen atoms in total. The number of carbonyl (C=O) groups excluding carboxylic acids is 1. The number of hydrogen-bond donors (Lipinski definition) is 2. The lowest BCUT2D eigenvalue weighted by Gasteiger charge is -2.71. The standard InChI is InChI=1S/C39H60N2O5/c1-25-24-41(33(45)40-31(25)43)21-9-10-22-46-32(44)39-19-17-34(2,3)23-27(39)26-11-12-29-36(6)15-14-30(42)35(4,5)28(36)13-16-38(29,8)37(26,7)18-20-39/h11,24,27-30,42H,9-10,12-23H2,1-8H3,(H,40,43,45)/t27-,28-,29+,30-,36-,37+,38+,39-/m0/s1. The molecule has 0 amide bonds. The molecule has 6 rings (SSSR count). The number of esters is 1. The van der Waals surface area contributed by atoms with Crippen LogP contribution < -0.4 is 11.2 Å². The van der Waals surface area contributed by atoms with Crippen molar-refractivity contribution in [2.75, 3.05) is 6.61 Å². The third-order valence-corrected chi connectivity index (χ3v) is 15.2. The van der Waals surface area contributed by atoms with Gasteiger partial charge in [0, 0.05) is 18.3 Å². The summed E-state index contributed by atoms with van der Waals surface area (Å²) in [6.07, 6.45) is 15.7. The Morgan fingerprint density at radius 1 is 0.957 bits per heavy atom. The van der Waals surface area contributed by atoms with Gasteiger partial charge >= 0.3 is 11.7 Å². The number of allylic oxidation sites excluding steroid dienone is 2. The van der Waals surface area contributed by atoms with Crippen LogP contribution in [0.4, 0.5) is 0 Å². The van der Waals surface area contributed by atoms with E-state index in [-0.39, 0.29) is 50.6 Å². The molecule has 0 aromatic carbocycles. The fourth-order valence-corrected chi connectivity index (χ4v) is 12.1. The zero-order chi connectivity index (χ0) is 33.5. The number of aliphatic hydroxyl groups excluding tert-OH is 1. The Balaban J connectivity index is 1.22. The van der Waals surface area contributed by atoms with Gasteiger partial charge in [-0.15, -0.1) is 0 Å². The number of unbranched alkanes of at least 4 members (excludes halogenated alkanes) is 1. The van der Waals surface area contributed by atoms with Gasteiger partial charge in [-0.2, -0.15) is 0 Å². The number of aryl methyl sites for hydroxylation is 2. The van der Waals surface area contributed by atoms with Crippen molar-refractivity contribution < 1.29 is 14.6 Å². The highest BCUT2D eigenvalue weighted by Gasteiger charge is 2.69. The number of aliphatic hydroxyl groups is 1. The molecule has 4 fully saturated rings. The number of nitrogens with one attached hydrogen (secondary N) is 1. The van der Waals surface area contributed by atoms with E-state index in [0.717, 1.165) is 51.4 Å². The fraction of sp³-hybridized carbons (Fsp3) is 0.821. The molecule has 4 saturated carbocycles. The molecular weight excluding hydrogens is 576 g/mol. The van der Waals surface area contributed by atoms with Crippen molar-refractivity contribution in [3.05, 3.63) is 44.2 Å². The van der Waals surface area contributed by atoms with Gasteiger partial charge in [0.2, 0.25) is 0 Å². The lowest BCUT2D eigenvalue weighted by Crippen LogP contribution is -2.65. The summed E-state index contributed by atoms with van der Waals surface area (Å²) in [6.45, 7) is 19.6. The summed E-state index contributed by atoms with van der Waals surface area (Å²) in [5, 5.41) is 11.0. The van der Waals surface area contributed by atoms with Crippen molar-refractivity contribution in [3.63, 3.8) is 0 Å². The molecule has 0 spiro atoms. The van der Waals surface area contributed by atoms with Gasteiger partial charge in [-0.1, -0.05) is 60.1 Å². The zero-order valence-corrected chi connectivity index (χ0v) is 29.9. The molecule has 0 saturated heterocycles. The highest BCUT2D eigenvalue weighted by molar-refractivity contribution is 5.78. The van der Waals surface area contributed by atoms with Crippen LogP contribution in [0.2, 0.25) is 0 Å². The van der Waals surface area contributed by atoms with E-state index in [2.05, 4.69) is 59.5 Å². The monoisotopic (exact) mass is 636 g/mol. The number of H-pyrrole nitrogens is 1. The predicted molar refractivity (Wildman–Crippen MR) is 181 cm³/mol. The van der Waals surface area contributed by atoms with Gasteiger partial charge in [-0.3, -0.25) is 14.6 Å². The van der Waals surface area contributed by atoms with Crippen molar-refractivity contribution in [2.24, 2.45) is 50.2 Å². The molecule has 0 aliphatic heterocycles. The van der Waals surface area contributed by atoms with Gasteiger partial charge in [-0.25, -0.2) is 4.79 Å². The second-order valence-electron chi connectivity index (χ2n) is 18.4. The first-order valence-corrected chi connectivity index (χ1v) is 18.3. The molecule has 0 radical (unpaired) electrons. The van der Waals surface area contributed by atoms with Crippen LogP contribution in [-0.4, -0.2) is 33.3 Å². The summed E-state index contributed by atoms with van der Waals surface area (Å²) in [4.78, 5) is 40.5. The van der Waals surface area contributed by atoms with E-state index in [4.69, 9.17) is 4.74 Å². The number of rotatable bonds is 6. The number of carbonyl (C=O) groups is 1. The first-order valence-electron chi connectivity index (χ1n) is 18.3. The van der Waals surface area contributed by atoms with Crippen LogP contribution in [0.5, 0.6) is 0 Å². The van der Waals surface area contributed by atoms with Gasteiger partial charge in [-0.05, 0) is 129 Å². The molecule has 256 valence electrons. The first kappa shape index (κ1) is 33.7. The van der Waals surface area contributed by atoms with Crippen molar-refractivity contribution in [2.45, 2.75) is 145 Å². The van der Waals surface area contributed by atoms with Gasteiger partial charge in [0.15, 0.2) is 0 Å². The van der Waals surface area contributed by atoms with Crippen molar-refractivity contribution in [1.29, 1.82) is 0 Å². The molecule has 5 aliphatic rings. The van der Waals surface area contributed by atoms with E-state index in [9.17, 15) is 19.5 Å². The van der Waals surface area contributed by atoms with Crippen molar-refractivity contribution >= 4 is 5.97 Å². The topological polar surface area (TPSA) is 101 Å². The van der Waals surface area contributed by atoms with Gasteiger partial charge in [0.1, 0.15) is 0 Å². The molecule has 0 bridgehead atoms. The molecule has 7 heteroatoms. The summed E-state index contributed by atoms with van der Waals surface area (Å²) in [5.41, 5.74) is 1.40. The number of ether oxygens (including phenoxy) is 1. The number of aromatic nitrogens is 2. The molecular formula is C39H60N2O5. The van der Waals surface area contributed by atoms with Crippen molar-refractivity contribution in [3.8, 4) is 0 Å². The minimum atomic E-state index is -0.463. The Labute approximate surface area is 276 Å². The summed E-state index contributed by atoms with van der Waals surface area (Å²) in [5.74, 6) is 1.30. The summed E-state index contributed by atoms with van der Waals surface area (Å²) >= 11 is 0. The summed E-state index contributed by atoms with van der Waals surface area (Å²) in [7, 11) is 0. The van der Waals surface area contributed by atoms with Crippen LogP contribution in [0.3, 0.4) is 0 Å². The molecule has 1 heterocycles. The molecule has 1 aromatic heterocycles. The minimum absolute atomic E-state index is 0.0148. The van der Waals surface area contributed by atoms with Crippen LogP contribution >= 0.6 is 0 Å². The van der Waals surface area contributed by atoms with Crippen LogP contribution in [0.15, 0.2) is 27.4 Å². The maximum Gasteiger partial charge on any atom is 0.328 e. The SMILES string of the molecule is Cc1cn(CCCCOC(=O)[C@]23CCC(C)(C)C[C@H]2C2=CC[C@@H]4[C@@]5(C)CC[C@H](O)C(C)(C)[C@@H]5CC[C@@]4(C)[C@]2(C)CC3)c(=O)[nH]c1=O. The zero-order valence-electron chi connectivity index (χ0n) is 29.9. The summed E-state index contributed by atoms with van der Waals surface area (Å²) < 4.78 is 7.68. The van der Waals surface area contributed by atoms with E-state index in [1.54, 1.807) is 18.7 Å². The van der Waals surface area contributed by atoms with E-state index >= 15 is 0 Å². The third kappa shape index (κ3) is 4.94. The normalized spacial score (nSPS) is 40.8. The molecule has 1 aromatic rings. The second kappa shape index (κ2) is 11.2. The lowest BCUT2D eigenvalue weighted by molar-refractivity contribution is -0.206. The lowest BCUT2D eigenvalue weighted by atomic mass is 9.33. The van der Waals surface area contributed by atoms with E-state index in [1.165, 1.54) is 17.4 Å². The van der Waals surface area contributed by atoms with Crippen LogP contribution in [-0.2, 0) is 16.1 Å². The minimum Gasteiger partial charge on any atom is -0.465 e. The second-order valence-corrected chi connectivity index (χ2v) is 18.4. The maximum atomic E-state index is 14.2. The maximum absolute atomic E-state index is 14.2.